The third-order valence-corrected chi connectivity index (χ3v) is 7.92. The minimum atomic E-state index is -4.03. The van der Waals surface area contributed by atoms with Crippen molar-refractivity contribution in [3.63, 3.8) is 0 Å². The number of carbonyl (C=O) groups excluding carboxylic acids is 1. The predicted octanol–water partition coefficient (Wildman–Crippen LogP) is 4.24. The molecule has 4 rings (SSSR count). The lowest BCUT2D eigenvalue weighted by molar-refractivity contribution is -0.119. The molecule has 3 aromatic rings. The van der Waals surface area contributed by atoms with E-state index in [9.17, 15) is 17.6 Å². The summed E-state index contributed by atoms with van der Waals surface area (Å²) in [6, 6.07) is 19.5. The maximum atomic E-state index is 13.5. The van der Waals surface area contributed by atoms with E-state index < -0.39 is 28.3 Å². The minimum Gasteiger partial charge on any atom is -0.350 e. The third kappa shape index (κ3) is 6.46. The molecule has 0 spiro atoms. The largest absolute Gasteiger partial charge is 0.350 e. The van der Waals surface area contributed by atoms with E-state index in [4.69, 9.17) is 0 Å². The number of nitrogens with one attached hydrogen (secondary N) is 1. The Kier molecular flexibility index (Phi) is 7.83. The molecular weight excluding hydrogens is 465 g/mol. The van der Waals surface area contributed by atoms with Crippen LogP contribution in [-0.4, -0.2) is 38.9 Å². The Hall–Kier alpha value is -3.23. The second-order valence-corrected chi connectivity index (χ2v) is 10.7. The lowest BCUT2D eigenvalue weighted by Gasteiger charge is -2.24. The normalized spacial score (nSPS) is 14.1. The number of carbonyl (C=O) groups is 1. The van der Waals surface area contributed by atoms with Crippen LogP contribution in [0, 0.1) is 12.7 Å². The number of amides is 1. The number of anilines is 1. The molecule has 1 N–H and O–H groups in total. The number of benzene rings is 3. The van der Waals surface area contributed by atoms with Gasteiger partial charge in [0, 0.05) is 13.1 Å². The molecule has 1 amide bonds. The van der Waals surface area contributed by atoms with Gasteiger partial charge in [-0.3, -0.25) is 14.0 Å². The van der Waals surface area contributed by atoms with Crippen molar-refractivity contribution in [2.45, 2.75) is 37.8 Å². The zero-order valence-corrected chi connectivity index (χ0v) is 20.6. The van der Waals surface area contributed by atoms with Gasteiger partial charge in [0.05, 0.1) is 10.6 Å². The summed E-state index contributed by atoms with van der Waals surface area (Å²) in [6.45, 7) is 4.91. The van der Waals surface area contributed by atoms with Gasteiger partial charge in [0.1, 0.15) is 12.4 Å². The summed E-state index contributed by atoms with van der Waals surface area (Å²) in [4.78, 5) is 15.3. The van der Waals surface area contributed by atoms with Crippen LogP contribution in [0.15, 0.2) is 77.7 Å². The highest BCUT2D eigenvalue weighted by molar-refractivity contribution is 7.92. The molecule has 1 aliphatic rings. The fourth-order valence-corrected chi connectivity index (χ4v) is 5.53. The molecule has 1 heterocycles. The molecule has 6 nitrogen and oxygen atoms in total. The maximum absolute atomic E-state index is 13.5. The van der Waals surface area contributed by atoms with Crippen LogP contribution in [0.3, 0.4) is 0 Å². The summed E-state index contributed by atoms with van der Waals surface area (Å²) in [5.41, 5.74) is 3.29. The molecule has 35 heavy (non-hydrogen) atoms. The molecule has 0 saturated carbocycles. The number of hydrogen-bond donors (Lipinski definition) is 1. The summed E-state index contributed by atoms with van der Waals surface area (Å²) in [5, 5.41) is 2.81. The molecule has 0 aliphatic carbocycles. The number of sulfonamides is 1. The van der Waals surface area contributed by atoms with Crippen molar-refractivity contribution in [1.29, 1.82) is 0 Å². The SMILES string of the molecule is Cc1ccc(S(=O)(=O)N(CC(=O)NCc2ccc(CN3CCCC3)cc2)c2ccc(F)cc2)cc1. The average molecular weight is 496 g/mol. The first-order valence-corrected chi connectivity index (χ1v) is 13.2. The van der Waals surface area contributed by atoms with Gasteiger partial charge in [0.15, 0.2) is 0 Å². The van der Waals surface area contributed by atoms with Crippen molar-refractivity contribution < 1.29 is 17.6 Å². The molecule has 1 saturated heterocycles. The number of halogens is 1. The lowest BCUT2D eigenvalue weighted by atomic mass is 10.1. The molecule has 0 radical (unpaired) electrons. The summed E-state index contributed by atoms with van der Waals surface area (Å²) in [6.07, 6.45) is 2.50. The number of nitrogens with zero attached hydrogens (tertiary/aromatic N) is 2. The van der Waals surface area contributed by atoms with E-state index in [1.54, 1.807) is 12.1 Å². The topological polar surface area (TPSA) is 69.7 Å². The number of aryl methyl sites for hydroxylation is 1. The monoisotopic (exact) mass is 495 g/mol. The lowest BCUT2D eigenvalue weighted by Crippen LogP contribution is -2.40. The van der Waals surface area contributed by atoms with E-state index >= 15 is 0 Å². The van der Waals surface area contributed by atoms with E-state index in [2.05, 4.69) is 22.3 Å². The Morgan fingerprint density at radius 2 is 1.51 bits per heavy atom. The summed E-state index contributed by atoms with van der Waals surface area (Å²) < 4.78 is 41.2. The van der Waals surface area contributed by atoms with Crippen LogP contribution in [0.2, 0.25) is 0 Å². The molecule has 8 heteroatoms. The predicted molar refractivity (Wildman–Crippen MR) is 135 cm³/mol. The van der Waals surface area contributed by atoms with Crippen molar-refractivity contribution in [1.82, 2.24) is 10.2 Å². The highest BCUT2D eigenvalue weighted by Gasteiger charge is 2.27. The zero-order valence-electron chi connectivity index (χ0n) is 19.8. The molecule has 1 aliphatic heterocycles. The molecule has 0 bridgehead atoms. The standard InChI is InChI=1S/C27H30FN3O3S/c1-21-4-14-26(15-5-21)35(33,34)31(25-12-10-24(28)11-13-25)20-27(32)29-18-22-6-8-23(9-7-22)19-30-16-2-3-17-30/h4-15H,2-3,16-20H2,1H3,(H,29,32). The van der Waals surface area contributed by atoms with Gasteiger partial charge in [0.25, 0.3) is 10.0 Å². The Morgan fingerprint density at radius 3 is 2.14 bits per heavy atom. The van der Waals surface area contributed by atoms with E-state index in [1.807, 2.05) is 19.1 Å². The van der Waals surface area contributed by atoms with Gasteiger partial charge < -0.3 is 5.32 Å². The maximum Gasteiger partial charge on any atom is 0.264 e. The molecule has 0 unspecified atom stereocenters. The quantitative estimate of drug-likeness (QED) is 0.482. The van der Waals surface area contributed by atoms with E-state index in [0.29, 0.717) is 0 Å². The second kappa shape index (κ2) is 11.0. The van der Waals surface area contributed by atoms with Crippen LogP contribution in [0.25, 0.3) is 0 Å². The van der Waals surface area contributed by atoms with Gasteiger partial charge in [-0.15, -0.1) is 0 Å². The van der Waals surface area contributed by atoms with Crippen molar-refractivity contribution in [2.24, 2.45) is 0 Å². The number of rotatable bonds is 9. The van der Waals surface area contributed by atoms with Crippen LogP contribution in [0.4, 0.5) is 10.1 Å². The van der Waals surface area contributed by atoms with Gasteiger partial charge in [-0.25, -0.2) is 12.8 Å². The molecule has 184 valence electrons. The Balaban J connectivity index is 1.44. The molecule has 3 aromatic carbocycles. The molecule has 0 aromatic heterocycles. The minimum absolute atomic E-state index is 0.0637. The average Bonchev–Trinajstić information content (AvgIpc) is 3.36. The molecule has 1 fully saturated rings. The number of likely N-dealkylation sites (tertiary alicyclic amines) is 1. The van der Waals surface area contributed by atoms with Crippen molar-refractivity contribution in [3.8, 4) is 0 Å². The zero-order chi connectivity index (χ0) is 24.8. The smallest absolute Gasteiger partial charge is 0.264 e. The number of hydrogen-bond acceptors (Lipinski definition) is 4. The highest BCUT2D eigenvalue weighted by Crippen LogP contribution is 2.24. The molecular formula is C27H30FN3O3S. The van der Waals surface area contributed by atoms with Crippen LogP contribution in [-0.2, 0) is 27.9 Å². The van der Waals surface area contributed by atoms with Gasteiger partial charge in [0.2, 0.25) is 5.91 Å². The van der Waals surface area contributed by atoms with Crippen molar-refractivity contribution >= 4 is 21.6 Å². The first-order valence-electron chi connectivity index (χ1n) is 11.7. The van der Waals surface area contributed by atoms with Gasteiger partial charge >= 0.3 is 0 Å². The Labute approximate surface area is 206 Å². The van der Waals surface area contributed by atoms with E-state index in [0.717, 1.165) is 35.1 Å². The van der Waals surface area contributed by atoms with Crippen LogP contribution in [0.1, 0.15) is 29.5 Å². The van der Waals surface area contributed by atoms with Gasteiger partial charge in [-0.05, 0) is 80.4 Å². The Bertz CT molecular complexity index is 1240. The molecule has 0 atom stereocenters. The van der Waals surface area contributed by atoms with E-state index in [1.165, 1.54) is 54.8 Å². The highest BCUT2D eigenvalue weighted by atomic mass is 32.2. The second-order valence-electron chi connectivity index (χ2n) is 8.88. The van der Waals surface area contributed by atoms with Crippen molar-refractivity contribution in [2.75, 3.05) is 23.9 Å². The van der Waals surface area contributed by atoms with Gasteiger partial charge in [-0.2, -0.15) is 0 Å². The van der Waals surface area contributed by atoms with Gasteiger partial charge in [-0.1, -0.05) is 42.0 Å². The van der Waals surface area contributed by atoms with Crippen molar-refractivity contribution in [3.05, 3.63) is 95.3 Å². The van der Waals surface area contributed by atoms with Crippen LogP contribution >= 0.6 is 0 Å². The first kappa shape index (κ1) is 24.9. The van der Waals surface area contributed by atoms with Crippen LogP contribution in [0.5, 0.6) is 0 Å². The van der Waals surface area contributed by atoms with E-state index in [-0.39, 0.29) is 17.1 Å². The fraction of sp³-hybridized carbons (Fsp3) is 0.296. The third-order valence-electron chi connectivity index (χ3n) is 6.13. The summed E-state index contributed by atoms with van der Waals surface area (Å²) in [7, 11) is -4.03. The summed E-state index contributed by atoms with van der Waals surface area (Å²) >= 11 is 0. The Morgan fingerprint density at radius 1 is 0.914 bits per heavy atom. The first-order chi connectivity index (χ1) is 16.8. The fourth-order valence-electron chi connectivity index (χ4n) is 4.11. The van der Waals surface area contributed by atoms with Crippen LogP contribution < -0.4 is 9.62 Å². The summed E-state index contributed by atoms with van der Waals surface area (Å²) in [5.74, 6) is -0.940.